The Labute approximate surface area is 116 Å². The lowest BCUT2D eigenvalue weighted by atomic mass is 10.1. The average Bonchev–Trinajstić information content (AvgIpc) is 2.89. The molecule has 0 fully saturated rings. The van der Waals surface area contributed by atoms with Gasteiger partial charge in [0, 0.05) is 11.6 Å². The van der Waals surface area contributed by atoms with Gasteiger partial charge in [-0.3, -0.25) is 0 Å². The first-order valence-corrected chi connectivity index (χ1v) is 6.47. The third kappa shape index (κ3) is 2.54. The molecule has 0 bridgehead atoms. The Bertz CT molecular complexity index is 720. The number of aromatic hydroxyl groups is 1. The Morgan fingerprint density at radius 1 is 1.30 bits per heavy atom. The van der Waals surface area contributed by atoms with Gasteiger partial charge in [0.25, 0.3) is 0 Å². The molecule has 0 atom stereocenters. The minimum atomic E-state index is 0.293. The molecular weight excluding hydrogens is 254 g/mol. The highest BCUT2D eigenvalue weighted by atomic mass is 16.3. The number of aromatic nitrogens is 4. The summed E-state index contributed by atoms with van der Waals surface area (Å²) in [5, 5.41) is 23.9. The van der Waals surface area contributed by atoms with Crippen LogP contribution in [0.25, 0.3) is 5.65 Å². The molecule has 20 heavy (non-hydrogen) atoms. The molecule has 0 radical (unpaired) electrons. The van der Waals surface area contributed by atoms with E-state index in [1.807, 2.05) is 25.1 Å². The van der Waals surface area contributed by atoms with E-state index in [9.17, 15) is 5.11 Å². The molecule has 6 nitrogen and oxygen atoms in total. The second-order valence-electron chi connectivity index (χ2n) is 4.68. The number of phenolic OH excluding ortho intramolecular Hbond substituents is 1. The number of hydrogen-bond donors (Lipinski definition) is 3. The lowest BCUT2D eigenvalue weighted by Crippen LogP contribution is -2.26. The first kappa shape index (κ1) is 12.4. The van der Waals surface area contributed by atoms with Crippen molar-refractivity contribution in [1.82, 2.24) is 15.3 Å². The van der Waals surface area contributed by atoms with Gasteiger partial charge in [0.2, 0.25) is 6.33 Å². The van der Waals surface area contributed by atoms with E-state index in [1.54, 1.807) is 23.0 Å². The van der Waals surface area contributed by atoms with Crippen molar-refractivity contribution >= 4 is 11.3 Å². The van der Waals surface area contributed by atoms with E-state index in [-0.39, 0.29) is 0 Å². The van der Waals surface area contributed by atoms with E-state index in [1.165, 1.54) is 5.56 Å². The molecule has 0 amide bonds. The van der Waals surface area contributed by atoms with Gasteiger partial charge in [0.1, 0.15) is 11.4 Å². The first-order valence-electron chi connectivity index (χ1n) is 6.47. The van der Waals surface area contributed by atoms with Gasteiger partial charge < -0.3 is 10.4 Å². The van der Waals surface area contributed by atoms with Crippen LogP contribution in [0.4, 0.5) is 5.69 Å². The Hall–Kier alpha value is -2.63. The molecule has 102 valence electrons. The van der Waals surface area contributed by atoms with Crippen molar-refractivity contribution in [3.8, 4) is 5.75 Å². The predicted octanol–water partition coefficient (Wildman–Crippen LogP) is 1.21. The zero-order valence-corrected chi connectivity index (χ0v) is 11.2. The van der Waals surface area contributed by atoms with Crippen molar-refractivity contribution in [2.24, 2.45) is 0 Å². The zero-order valence-electron chi connectivity index (χ0n) is 11.2. The standard InChI is InChI=1S/C14H15N5O/c1-10-8-13(14-17-16-9-19(14)18-10)15-7-6-11-2-4-12(20)5-3-11/h2-5,8-9H,6-7H2,1H3,(H2,15,18,20)/p+1. The predicted molar refractivity (Wildman–Crippen MR) is 74.6 cm³/mol. The molecule has 1 aromatic carbocycles. The molecule has 0 aliphatic carbocycles. The molecule has 0 aliphatic heterocycles. The minimum Gasteiger partial charge on any atom is -0.508 e. The molecule has 2 heterocycles. The fourth-order valence-corrected chi connectivity index (χ4v) is 2.12. The van der Waals surface area contributed by atoms with Crippen LogP contribution in [-0.4, -0.2) is 26.9 Å². The number of H-pyrrole nitrogens is 1. The molecule has 3 aromatic rings. The summed E-state index contributed by atoms with van der Waals surface area (Å²) in [5.41, 5.74) is 3.84. The van der Waals surface area contributed by atoms with Crippen LogP contribution in [-0.2, 0) is 6.42 Å². The normalized spacial score (nSPS) is 10.8. The lowest BCUT2D eigenvalue weighted by molar-refractivity contribution is -0.581. The second kappa shape index (κ2) is 5.16. The molecule has 0 unspecified atom stereocenters. The molecular formula is C14H16N5O+. The van der Waals surface area contributed by atoms with Crippen molar-refractivity contribution in [2.45, 2.75) is 13.3 Å². The third-order valence-corrected chi connectivity index (χ3v) is 3.09. The summed E-state index contributed by atoms with van der Waals surface area (Å²) >= 11 is 0. The maximum absolute atomic E-state index is 9.25. The summed E-state index contributed by atoms with van der Waals surface area (Å²) in [4.78, 5) is 0. The van der Waals surface area contributed by atoms with Gasteiger partial charge in [-0.25, -0.2) is 0 Å². The van der Waals surface area contributed by atoms with Crippen LogP contribution in [0, 0.1) is 6.92 Å². The highest BCUT2D eigenvalue weighted by Crippen LogP contribution is 2.13. The highest BCUT2D eigenvalue weighted by molar-refractivity contribution is 5.62. The fraction of sp³-hybridized carbons (Fsp3) is 0.214. The highest BCUT2D eigenvalue weighted by Gasteiger charge is 2.12. The van der Waals surface area contributed by atoms with Gasteiger partial charge >= 0.3 is 5.65 Å². The number of nitrogens with zero attached hydrogens (tertiary/aromatic N) is 3. The molecule has 0 saturated heterocycles. The van der Waals surface area contributed by atoms with Crippen molar-refractivity contribution in [2.75, 3.05) is 11.9 Å². The molecule has 0 aliphatic rings. The van der Waals surface area contributed by atoms with Gasteiger partial charge in [-0.15, -0.1) is 14.7 Å². The Balaban J connectivity index is 1.70. The maximum atomic E-state index is 9.25. The molecule has 3 rings (SSSR count). The number of aryl methyl sites for hydroxylation is 1. The van der Waals surface area contributed by atoms with E-state index in [0.29, 0.717) is 5.75 Å². The number of phenols is 1. The molecule has 0 spiro atoms. The topological polar surface area (TPSA) is 77.9 Å². The average molecular weight is 270 g/mol. The summed E-state index contributed by atoms with van der Waals surface area (Å²) in [6.07, 6.45) is 2.59. The number of anilines is 1. The summed E-state index contributed by atoms with van der Waals surface area (Å²) in [7, 11) is 0. The number of hydrogen-bond acceptors (Lipinski definition) is 4. The zero-order chi connectivity index (χ0) is 13.9. The fourth-order valence-electron chi connectivity index (χ4n) is 2.12. The van der Waals surface area contributed by atoms with Crippen molar-refractivity contribution < 1.29 is 9.62 Å². The van der Waals surface area contributed by atoms with Gasteiger partial charge in [0.15, 0.2) is 0 Å². The van der Waals surface area contributed by atoms with Gasteiger partial charge in [-0.05, 0) is 37.1 Å². The van der Waals surface area contributed by atoms with Crippen LogP contribution in [0.2, 0.25) is 0 Å². The van der Waals surface area contributed by atoms with Crippen LogP contribution >= 0.6 is 0 Å². The number of benzene rings is 1. The lowest BCUT2D eigenvalue weighted by Gasteiger charge is -2.05. The van der Waals surface area contributed by atoms with Crippen LogP contribution in [0.5, 0.6) is 5.75 Å². The monoisotopic (exact) mass is 270 g/mol. The first-order chi connectivity index (χ1) is 9.72. The number of nitrogens with one attached hydrogen (secondary N) is 2. The maximum Gasteiger partial charge on any atom is 0.348 e. The number of fused-ring (bicyclic) bond motifs is 1. The Morgan fingerprint density at radius 2 is 2.10 bits per heavy atom. The quantitative estimate of drug-likeness (QED) is 0.623. The molecule has 0 saturated carbocycles. The van der Waals surface area contributed by atoms with Gasteiger partial charge in [0.05, 0.1) is 5.69 Å². The van der Waals surface area contributed by atoms with Crippen LogP contribution in [0.15, 0.2) is 36.7 Å². The molecule has 6 heteroatoms. The molecule has 3 N–H and O–H groups in total. The summed E-state index contributed by atoms with van der Waals surface area (Å²) in [6.45, 7) is 2.74. The summed E-state index contributed by atoms with van der Waals surface area (Å²) in [6, 6.07) is 9.23. The molecule has 2 aromatic heterocycles. The second-order valence-corrected chi connectivity index (χ2v) is 4.68. The number of rotatable bonds is 4. The largest absolute Gasteiger partial charge is 0.508 e. The van der Waals surface area contributed by atoms with E-state index in [4.69, 9.17) is 0 Å². The van der Waals surface area contributed by atoms with Crippen molar-refractivity contribution in [3.05, 3.63) is 47.9 Å². The van der Waals surface area contributed by atoms with Crippen molar-refractivity contribution in [3.63, 3.8) is 0 Å². The van der Waals surface area contributed by atoms with Gasteiger partial charge in [-0.1, -0.05) is 12.1 Å². The summed E-state index contributed by atoms with van der Waals surface area (Å²) in [5.74, 6) is 0.293. The Morgan fingerprint density at radius 3 is 2.90 bits per heavy atom. The Kier molecular flexibility index (Phi) is 3.20. The van der Waals surface area contributed by atoms with E-state index < -0.39 is 0 Å². The van der Waals surface area contributed by atoms with Crippen LogP contribution < -0.4 is 9.83 Å². The van der Waals surface area contributed by atoms with E-state index in [2.05, 4.69) is 20.6 Å². The third-order valence-electron chi connectivity index (χ3n) is 3.09. The van der Waals surface area contributed by atoms with Crippen molar-refractivity contribution in [1.29, 1.82) is 0 Å². The smallest absolute Gasteiger partial charge is 0.348 e. The summed E-state index contributed by atoms with van der Waals surface area (Å²) < 4.78 is 1.72. The van der Waals surface area contributed by atoms with Gasteiger partial charge in [-0.2, -0.15) is 0 Å². The SMILES string of the molecule is Cc1cc(NCCc2ccc(O)cc2)c2n[nH]c[n+]2n1. The number of aromatic amines is 1. The van der Waals surface area contributed by atoms with Crippen LogP contribution in [0.1, 0.15) is 11.3 Å². The minimum absolute atomic E-state index is 0.293. The van der Waals surface area contributed by atoms with E-state index >= 15 is 0 Å². The van der Waals surface area contributed by atoms with Crippen LogP contribution in [0.3, 0.4) is 0 Å². The van der Waals surface area contributed by atoms with E-state index in [0.717, 1.165) is 30.0 Å².